The van der Waals surface area contributed by atoms with Gasteiger partial charge < -0.3 is 15.5 Å². The lowest BCUT2D eigenvalue weighted by molar-refractivity contribution is -0.119. The van der Waals surface area contributed by atoms with Gasteiger partial charge in [0.2, 0.25) is 5.91 Å². The van der Waals surface area contributed by atoms with Crippen LogP contribution in [-0.2, 0) is 4.79 Å². The van der Waals surface area contributed by atoms with E-state index in [2.05, 4.69) is 10.3 Å². The topological polar surface area (TPSA) is 81.2 Å². The summed E-state index contributed by atoms with van der Waals surface area (Å²) in [6.07, 6.45) is 0.915. The molecule has 6 heteroatoms. The van der Waals surface area contributed by atoms with E-state index in [0.717, 1.165) is 11.9 Å². The Labute approximate surface area is 115 Å². The Kier molecular flexibility index (Phi) is 4.31. The molecule has 0 aliphatic carbocycles. The van der Waals surface area contributed by atoms with Gasteiger partial charge in [-0.25, -0.2) is 4.98 Å². The van der Waals surface area contributed by atoms with Crippen LogP contribution in [0.25, 0.3) is 11.1 Å². The van der Waals surface area contributed by atoms with Crippen molar-refractivity contribution in [3.8, 4) is 0 Å². The van der Waals surface area contributed by atoms with Gasteiger partial charge in [0, 0.05) is 17.8 Å². The molecule has 1 heterocycles. The summed E-state index contributed by atoms with van der Waals surface area (Å²) in [6.45, 7) is 4.01. The standard InChI is InChI=1S/C13H17N3O2S/c1-3-8(2)15-12(17)7-19-13-16-10-5-4-9(14)6-11(10)18-13/h4-6,8H,3,7,14H2,1-2H3,(H,15,17). The van der Waals surface area contributed by atoms with Crippen LogP contribution in [0.3, 0.4) is 0 Å². The number of thioether (sulfide) groups is 1. The molecule has 0 saturated carbocycles. The lowest BCUT2D eigenvalue weighted by Gasteiger charge is -2.09. The number of oxazole rings is 1. The highest BCUT2D eigenvalue weighted by atomic mass is 32.2. The Morgan fingerprint density at radius 2 is 2.37 bits per heavy atom. The summed E-state index contributed by atoms with van der Waals surface area (Å²) in [5.74, 6) is 0.285. The summed E-state index contributed by atoms with van der Waals surface area (Å²) in [7, 11) is 0. The highest BCUT2D eigenvalue weighted by molar-refractivity contribution is 7.99. The van der Waals surface area contributed by atoms with Crippen molar-refractivity contribution in [2.75, 3.05) is 11.5 Å². The van der Waals surface area contributed by atoms with Crippen molar-refractivity contribution in [2.24, 2.45) is 0 Å². The number of nitrogens with two attached hydrogens (primary N) is 1. The molecule has 1 unspecified atom stereocenters. The molecule has 1 aromatic carbocycles. The number of aromatic nitrogens is 1. The first kappa shape index (κ1) is 13.7. The normalized spacial score (nSPS) is 12.5. The molecule has 5 nitrogen and oxygen atoms in total. The number of anilines is 1. The number of nitrogens with zero attached hydrogens (tertiary/aromatic N) is 1. The molecule has 3 N–H and O–H groups in total. The second-order valence-electron chi connectivity index (χ2n) is 4.37. The van der Waals surface area contributed by atoms with E-state index in [4.69, 9.17) is 10.2 Å². The quantitative estimate of drug-likeness (QED) is 0.649. The zero-order chi connectivity index (χ0) is 13.8. The summed E-state index contributed by atoms with van der Waals surface area (Å²) in [5, 5.41) is 3.38. The number of fused-ring (bicyclic) bond motifs is 1. The SMILES string of the molecule is CCC(C)NC(=O)CSc1nc2ccc(N)cc2o1. The minimum absolute atomic E-state index is 0.0129. The van der Waals surface area contributed by atoms with Gasteiger partial charge >= 0.3 is 0 Å². The first-order chi connectivity index (χ1) is 9.08. The molecule has 0 fully saturated rings. The highest BCUT2D eigenvalue weighted by Gasteiger charge is 2.10. The number of benzene rings is 1. The summed E-state index contributed by atoms with van der Waals surface area (Å²) < 4.78 is 5.52. The number of nitrogen functional groups attached to an aromatic ring is 1. The van der Waals surface area contributed by atoms with Crippen LogP contribution in [0.2, 0.25) is 0 Å². The molecule has 1 aromatic heterocycles. The Hall–Kier alpha value is -1.69. The van der Waals surface area contributed by atoms with Crippen LogP contribution in [0.5, 0.6) is 0 Å². The first-order valence-corrected chi connectivity index (χ1v) is 7.15. The van der Waals surface area contributed by atoms with Gasteiger partial charge in [-0.05, 0) is 25.5 Å². The van der Waals surface area contributed by atoms with Crippen LogP contribution in [0.1, 0.15) is 20.3 Å². The second kappa shape index (κ2) is 5.97. The van der Waals surface area contributed by atoms with Crippen molar-refractivity contribution in [1.29, 1.82) is 0 Å². The van der Waals surface area contributed by atoms with E-state index in [9.17, 15) is 4.79 Å². The smallest absolute Gasteiger partial charge is 0.257 e. The molecule has 0 aliphatic rings. The van der Waals surface area contributed by atoms with Gasteiger partial charge in [0.1, 0.15) is 5.52 Å². The predicted molar refractivity (Wildman–Crippen MR) is 77.0 cm³/mol. The Morgan fingerprint density at radius 3 is 3.11 bits per heavy atom. The number of hydrogen-bond acceptors (Lipinski definition) is 5. The molecule has 0 radical (unpaired) electrons. The van der Waals surface area contributed by atoms with Crippen LogP contribution in [0.15, 0.2) is 27.8 Å². The number of rotatable bonds is 5. The predicted octanol–water partition coefficient (Wildman–Crippen LogP) is 2.42. The molecule has 102 valence electrons. The third-order valence-corrected chi connectivity index (χ3v) is 3.57. The van der Waals surface area contributed by atoms with Crippen LogP contribution in [0, 0.1) is 0 Å². The monoisotopic (exact) mass is 279 g/mol. The average Bonchev–Trinajstić information content (AvgIpc) is 2.78. The van der Waals surface area contributed by atoms with Crippen molar-refractivity contribution in [2.45, 2.75) is 31.5 Å². The summed E-state index contributed by atoms with van der Waals surface area (Å²) in [6, 6.07) is 5.49. The van der Waals surface area contributed by atoms with Gasteiger partial charge in [0.05, 0.1) is 5.75 Å². The molecule has 2 rings (SSSR count). The largest absolute Gasteiger partial charge is 0.431 e. The van der Waals surface area contributed by atoms with E-state index in [-0.39, 0.29) is 11.9 Å². The highest BCUT2D eigenvalue weighted by Crippen LogP contribution is 2.24. The maximum Gasteiger partial charge on any atom is 0.257 e. The van der Waals surface area contributed by atoms with Crippen molar-refractivity contribution < 1.29 is 9.21 Å². The molecule has 2 aromatic rings. The van der Waals surface area contributed by atoms with Crippen LogP contribution < -0.4 is 11.1 Å². The Morgan fingerprint density at radius 1 is 1.58 bits per heavy atom. The van der Waals surface area contributed by atoms with E-state index in [1.807, 2.05) is 13.8 Å². The molecule has 0 bridgehead atoms. The summed E-state index contributed by atoms with van der Waals surface area (Å²) >= 11 is 1.28. The third kappa shape index (κ3) is 3.64. The number of carbonyl (C=O) groups excluding carboxylic acids is 1. The average molecular weight is 279 g/mol. The van der Waals surface area contributed by atoms with E-state index >= 15 is 0 Å². The van der Waals surface area contributed by atoms with Crippen molar-refractivity contribution >= 4 is 34.5 Å². The maximum atomic E-state index is 11.6. The van der Waals surface area contributed by atoms with E-state index in [1.54, 1.807) is 18.2 Å². The van der Waals surface area contributed by atoms with Gasteiger partial charge in [-0.2, -0.15) is 0 Å². The maximum absolute atomic E-state index is 11.6. The fourth-order valence-corrected chi connectivity index (χ4v) is 2.18. The van der Waals surface area contributed by atoms with Gasteiger partial charge in [0.15, 0.2) is 5.58 Å². The van der Waals surface area contributed by atoms with E-state index in [0.29, 0.717) is 22.2 Å². The van der Waals surface area contributed by atoms with Gasteiger partial charge in [0.25, 0.3) is 5.22 Å². The summed E-state index contributed by atoms with van der Waals surface area (Å²) in [5.41, 5.74) is 7.69. The lowest BCUT2D eigenvalue weighted by Crippen LogP contribution is -2.33. The fourth-order valence-electron chi connectivity index (χ4n) is 1.53. The Balaban J connectivity index is 1.96. The molecule has 0 aliphatic heterocycles. The Bertz CT molecular complexity index is 582. The number of nitrogens with one attached hydrogen (secondary N) is 1. The lowest BCUT2D eigenvalue weighted by atomic mass is 10.3. The van der Waals surface area contributed by atoms with Crippen LogP contribution in [0.4, 0.5) is 5.69 Å². The van der Waals surface area contributed by atoms with Gasteiger partial charge in [-0.3, -0.25) is 4.79 Å². The molecule has 0 saturated heterocycles. The number of hydrogen-bond donors (Lipinski definition) is 2. The van der Waals surface area contributed by atoms with Gasteiger partial charge in [-0.15, -0.1) is 0 Å². The molecular formula is C13H17N3O2S. The van der Waals surface area contributed by atoms with Crippen molar-refractivity contribution in [1.82, 2.24) is 10.3 Å². The van der Waals surface area contributed by atoms with E-state index in [1.165, 1.54) is 11.8 Å². The minimum atomic E-state index is -0.0129. The van der Waals surface area contributed by atoms with Crippen LogP contribution >= 0.6 is 11.8 Å². The first-order valence-electron chi connectivity index (χ1n) is 6.16. The van der Waals surface area contributed by atoms with Crippen LogP contribution in [-0.4, -0.2) is 22.7 Å². The minimum Gasteiger partial charge on any atom is -0.431 e. The third-order valence-electron chi connectivity index (χ3n) is 2.74. The molecule has 0 spiro atoms. The zero-order valence-electron chi connectivity index (χ0n) is 11.0. The molecule has 1 atom stereocenters. The second-order valence-corrected chi connectivity index (χ2v) is 5.30. The number of amides is 1. The molecular weight excluding hydrogens is 262 g/mol. The van der Waals surface area contributed by atoms with Crippen molar-refractivity contribution in [3.63, 3.8) is 0 Å². The fraction of sp³-hybridized carbons (Fsp3) is 0.385. The van der Waals surface area contributed by atoms with E-state index < -0.39 is 0 Å². The van der Waals surface area contributed by atoms with Crippen molar-refractivity contribution in [3.05, 3.63) is 18.2 Å². The number of carbonyl (C=O) groups is 1. The molecule has 1 amide bonds. The summed E-state index contributed by atoms with van der Waals surface area (Å²) in [4.78, 5) is 15.9. The molecule has 19 heavy (non-hydrogen) atoms. The zero-order valence-corrected chi connectivity index (χ0v) is 11.8. The van der Waals surface area contributed by atoms with Gasteiger partial charge in [-0.1, -0.05) is 18.7 Å².